The number of carbonyl (C=O) groups excluding carboxylic acids is 1. The van der Waals surface area contributed by atoms with E-state index in [1.807, 2.05) is 32.2 Å². The van der Waals surface area contributed by atoms with Gasteiger partial charge in [0.05, 0.1) is 12.5 Å². The monoisotopic (exact) mass is 380 g/mol. The van der Waals surface area contributed by atoms with Crippen LogP contribution in [0.4, 0.5) is 0 Å². The van der Waals surface area contributed by atoms with Gasteiger partial charge in [-0.1, -0.05) is 29.9 Å². The number of piperidine rings is 1. The van der Waals surface area contributed by atoms with E-state index in [4.69, 9.17) is 0 Å². The molecular weight excluding hydrogens is 356 g/mol. The Morgan fingerprint density at radius 1 is 1.15 bits per heavy atom. The smallest absolute Gasteiger partial charge is 0.155 e. The third kappa shape index (κ3) is 4.06. The lowest BCUT2D eigenvalue weighted by molar-refractivity contribution is -0.123. The van der Waals surface area contributed by atoms with E-state index in [1.165, 1.54) is 19.3 Å². The van der Waals surface area contributed by atoms with Crippen molar-refractivity contribution < 1.29 is 4.79 Å². The quantitative estimate of drug-likeness (QED) is 0.668. The molecule has 0 bridgehead atoms. The Morgan fingerprint density at radius 2 is 1.96 bits per heavy atom. The molecule has 1 unspecified atom stereocenters. The Bertz CT molecular complexity index is 962. The maximum atomic E-state index is 12.7. The largest absolute Gasteiger partial charge is 0.298 e. The molecule has 3 aromatic rings. The fourth-order valence-electron chi connectivity index (χ4n) is 3.66. The van der Waals surface area contributed by atoms with E-state index >= 15 is 0 Å². The number of pyridine rings is 1. The summed E-state index contributed by atoms with van der Waals surface area (Å²) in [6, 6.07) is 8.22. The number of aromatic nitrogens is 3. The summed E-state index contributed by atoms with van der Waals surface area (Å²) in [6.45, 7) is 6.05. The summed E-state index contributed by atoms with van der Waals surface area (Å²) in [5.41, 5.74) is 1.89. The van der Waals surface area contributed by atoms with Gasteiger partial charge in [0.2, 0.25) is 0 Å². The van der Waals surface area contributed by atoms with E-state index in [0.717, 1.165) is 45.1 Å². The first-order chi connectivity index (χ1) is 13.1. The van der Waals surface area contributed by atoms with Crippen molar-refractivity contribution in [3.63, 3.8) is 0 Å². The van der Waals surface area contributed by atoms with Gasteiger partial charge in [-0.05, 0) is 57.3 Å². The van der Waals surface area contributed by atoms with Crippen LogP contribution in [0, 0.1) is 6.92 Å². The Hall–Kier alpha value is -2.18. The summed E-state index contributed by atoms with van der Waals surface area (Å²) < 4.78 is 0. The number of carbonyl (C=O) groups is 1. The summed E-state index contributed by atoms with van der Waals surface area (Å²) in [5, 5.41) is 12.4. The highest BCUT2D eigenvalue weighted by molar-refractivity contribution is 7.14. The molecule has 0 radical (unpaired) electrons. The maximum Gasteiger partial charge on any atom is 0.155 e. The Kier molecular flexibility index (Phi) is 5.27. The lowest BCUT2D eigenvalue weighted by Gasteiger charge is -2.31. The van der Waals surface area contributed by atoms with Crippen LogP contribution in [0.2, 0.25) is 0 Å². The van der Waals surface area contributed by atoms with Gasteiger partial charge < -0.3 is 0 Å². The van der Waals surface area contributed by atoms with Crippen LogP contribution < -0.4 is 0 Å². The first kappa shape index (κ1) is 18.2. The first-order valence-electron chi connectivity index (χ1n) is 9.56. The van der Waals surface area contributed by atoms with Gasteiger partial charge in [-0.2, -0.15) is 0 Å². The van der Waals surface area contributed by atoms with Crippen molar-refractivity contribution in [2.75, 3.05) is 13.1 Å². The fraction of sp³-hybridized carbons (Fsp3) is 0.429. The van der Waals surface area contributed by atoms with Crippen LogP contribution >= 0.6 is 11.3 Å². The van der Waals surface area contributed by atoms with Crippen molar-refractivity contribution in [3.8, 4) is 10.6 Å². The fourth-order valence-corrected chi connectivity index (χ4v) is 4.35. The van der Waals surface area contributed by atoms with Gasteiger partial charge >= 0.3 is 0 Å². The van der Waals surface area contributed by atoms with E-state index in [-0.39, 0.29) is 11.8 Å². The average Bonchev–Trinajstić information content (AvgIpc) is 3.14. The highest BCUT2D eigenvalue weighted by atomic mass is 32.1. The van der Waals surface area contributed by atoms with Gasteiger partial charge in [0.1, 0.15) is 10.0 Å². The number of hydrogen-bond donors (Lipinski definition) is 0. The molecule has 1 atom stereocenters. The van der Waals surface area contributed by atoms with Gasteiger partial charge in [-0.15, -0.1) is 10.2 Å². The average molecular weight is 381 g/mol. The molecule has 6 heteroatoms. The van der Waals surface area contributed by atoms with Crippen LogP contribution in [0.25, 0.3) is 21.3 Å². The van der Waals surface area contributed by atoms with Crippen molar-refractivity contribution in [2.24, 2.45) is 0 Å². The molecular formula is C21H24N4OS. The molecule has 0 spiro atoms. The normalized spacial score (nSPS) is 16.5. The lowest BCUT2D eigenvalue weighted by atomic mass is 10.0. The Balaban J connectivity index is 1.54. The minimum Gasteiger partial charge on any atom is -0.298 e. The summed E-state index contributed by atoms with van der Waals surface area (Å²) in [4.78, 5) is 19.6. The number of benzene rings is 1. The standard InChI is InChI=1S/C21H24N4OS/c1-14(25-8-4-3-5-9-25)20(26)12-19-11-18-10-16(6-7-17(18)13-22-19)21-24-23-15(2)27-21/h6-7,10-11,13-14H,3-5,8-9,12H2,1-2H3. The van der Waals surface area contributed by atoms with E-state index in [1.54, 1.807) is 11.3 Å². The van der Waals surface area contributed by atoms with E-state index in [2.05, 4.69) is 32.2 Å². The number of hydrogen-bond acceptors (Lipinski definition) is 6. The molecule has 4 rings (SSSR count). The van der Waals surface area contributed by atoms with Crippen molar-refractivity contribution in [2.45, 2.75) is 45.6 Å². The van der Waals surface area contributed by atoms with E-state index < -0.39 is 0 Å². The molecule has 1 aliphatic heterocycles. The second-order valence-corrected chi connectivity index (χ2v) is 8.46. The van der Waals surface area contributed by atoms with Crippen LogP contribution in [-0.4, -0.2) is 45.0 Å². The number of fused-ring (bicyclic) bond motifs is 1. The zero-order chi connectivity index (χ0) is 18.8. The molecule has 3 heterocycles. The van der Waals surface area contributed by atoms with Crippen LogP contribution in [0.5, 0.6) is 0 Å². The summed E-state index contributed by atoms with van der Waals surface area (Å²) in [6.07, 6.45) is 5.91. The molecule has 27 heavy (non-hydrogen) atoms. The maximum absolute atomic E-state index is 12.7. The van der Waals surface area contributed by atoms with Crippen molar-refractivity contribution in [3.05, 3.63) is 41.2 Å². The molecule has 0 N–H and O–H groups in total. The van der Waals surface area contributed by atoms with Crippen LogP contribution in [0.1, 0.15) is 36.9 Å². The molecule has 0 amide bonds. The lowest BCUT2D eigenvalue weighted by Crippen LogP contribution is -2.42. The second-order valence-electron chi connectivity index (χ2n) is 7.28. The predicted molar refractivity (Wildman–Crippen MR) is 109 cm³/mol. The molecule has 1 saturated heterocycles. The molecule has 0 saturated carbocycles. The minimum absolute atomic E-state index is 0.0292. The van der Waals surface area contributed by atoms with Gasteiger partial charge in [-0.25, -0.2) is 0 Å². The highest BCUT2D eigenvalue weighted by Crippen LogP contribution is 2.27. The van der Waals surface area contributed by atoms with E-state index in [0.29, 0.717) is 6.42 Å². The van der Waals surface area contributed by atoms with Crippen molar-refractivity contribution in [1.29, 1.82) is 0 Å². The minimum atomic E-state index is -0.0292. The number of aryl methyl sites for hydroxylation is 1. The third-order valence-corrected chi connectivity index (χ3v) is 6.20. The summed E-state index contributed by atoms with van der Waals surface area (Å²) in [7, 11) is 0. The number of likely N-dealkylation sites (tertiary alicyclic amines) is 1. The highest BCUT2D eigenvalue weighted by Gasteiger charge is 2.23. The Morgan fingerprint density at radius 3 is 2.70 bits per heavy atom. The molecule has 0 aliphatic carbocycles. The molecule has 5 nitrogen and oxygen atoms in total. The van der Waals surface area contributed by atoms with Gasteiger partial charge in [0.25, 0.3) is 0 Å². The molecule has 1 aromatic carbocycles. The second kappa shape index (κ2) is 7.82. The SMILES string of the molecule is Cc1nnc(-c2ccc3cnc(CC(=O)C(C)N4CCCCC4)cc3c2)s1. The summed E-state index contributed by atoms with van der Waals surface area (Å²) >= 11 is 1.59. The van der Waals surface area contributed by atoms with Crippen LogP contribution in [-0.2, 0) is 11.2 Å². The molecule has 1 fully saturated rings. The predicted octanol–water partition coefficient (Wildman–Crippen LogP) is 4.05. The zero-order valence-electron chi connectivity index (χ0n) is 15.8. The van der Waals surface area contributed by atoms with Gasteiger partial charge in [0.15, 0.2) is 5.78 Å². The molecule has 1 aliphatic rings. The number of Topliss-reactive ketones (excluding diaryl/α,β-unsaturated/α-hetero) is 1. The van der Waals surface area contributed by atoms with Gasteiger partial charge in [0, 0.05) is 22.8 Å². The van der Waals surface area contributed by atoms with Crippen LogP contribution in [0.3, 0.4) is 0 Å². The molecule has 2 aromatic heterocycles. The zero-order valence-corrected chi connectivity index (χ0v) is 16.6. The number of nitrogens with zero attached hydrogens (tertiary/aromatic N) is 4. The summed E-state index contributed by atoms with van der Waals surface area (Å²) in [5.74, 6) is 0.250. The first-order valence-corrected chi connectivity index (χ1v) is 10.4. The number of rotatable bonds is 5. The van der Waals surface area contributed by atoms with E-state index in [9.17, 15) is 4.79 Å². The van der Waals surface area contributed by atoms with Gasteiger partial charge in [-0.3, -0.25) is 14.7 Å². The number of ketones is 1. The molecule has 140 valence electrons. The van der Waals surface area contributed by atoms with Crippen molar-refractivity contribution >= 4 is 27.9 Å². The topological polar surface area (TPSA) is 59.0 Å². The van der Waals surface area contributed by atoms with Crippen LogP contribution in [0.15, 0.2) is 30.5 Å². The third-order valence-electron chi connectivity index (χ3n) is 5.31. The van der Waals surface area contributed by atoms with Crippen molar-refractivity contribution in [1.82, 2.24) is 20.1 Å². The Labute approximate surface area is 163 Å².